The molecule has 1 unspecified atom stereocenters. The van der Waals surface area contributed by atoms with Crippen molar-refractivity contribution in [3.05, 3.63) is 12.2 Å². The van der Waals surface area contributed by atoms with Gasteiger partial charge in [0.25, 0.3) is 0 Å². The van der Waals surface area contributed by atoms with Crippen LogP contribution in [0, 0.1) is 0 Å². The zero-order chi connectivity index (χ0) is 20.2. The van der Waals surface area contributed by atoms with Crippen LogP contribution in [0.15, 0.2) is 12.2 Å². The topological polar surface area (TPSA) is 29.5 Å². The molecular weight excluding hydrogens is 346 g/mol. The van der Waals surface area contributed by atoms with Crippen LogP contribution in [0.4, 0.5) is 0 Å². The van der Waals surface area contributed by atoms with Crippen LogP contribution in [-0.2, 0) is 9.53 Å². The highest BCUT2D eigenvalue weighted by atomic mass is 35.5. The Morgan fingerprint density at radius 1 is 0.923 bits per heavy atom. The van der Waals surface area contributed by atoms with Gasteiger partial charge in [-0.3, -0.25) is 4.90 Å². The molecule has 0 aliphatic rings. The van der Waals surface area contributed by atoms with E-state index < -0.39 is 0 Å². The van der Waals surface area contributed by atoms with Gasteiger partial charge in [-0.1, -0.05) is 84.1 Å². The molecule has 156 valence electrons. The van der Waals surface area contributed by atoms with Gasteiger partial charge in [-0.2, -0.15) is 0 Å². The van der Waals surface area contributed by atoms with E-state index in [2.05, 4.69) is 13.5 Å². The summed E-state index contributed by atoms with van der Waals surface area (Å²) in [5.41, 5.74) is 0.429. The minimum Gasteiger partial charge on any atom is -0.443 e. The molecule has 4 heteroatoms. The van der Waals surface area contributed by atoms with Crippen molar-refractivity contribution in [3.8, 4) is 0 Å². The molecule has 0 saturated heterocycles. The summed E-state index contributed by atoms with van der Waals surface area (Å²) < 4.78 is 4.96. The second kappa shape index (κ2) is 20.8. The van der Waals surface area contributed by atoms with Crippen LogP contribution in [-0.4, -0.2) is 37.1 Å². The van der Waals surface area contributed by atoms with Gasteiger partial charge in [-0.15, -0.1) is 11.6 Å². The average Bonchev–Trinajstić information content (AvgIpc) is 2.60. The molecule has 3 nitrogen and oxygen atoms in total. The summed E-state index contributed by atoms with van der Waals surface area (Å²) in [6, 6.07) is 0. The zero-order valence-corrected chi connectivity index (χ0v) is 18.9. The zero-order valence-electron chi connectivity index (χ0n) is 18.1. The first-order valence-electron chi connectivity index (χ1n) is 10.5. The molecule has 26 heavy (non-hydrogen) atoms. The molecule has 0 N–H and O–H groups in total. The summed E-state index contributed by atoms with van der Waals surface area (Å²) in [6.07, 6.45) is 16.7. The lowest BCUT2D eigenvalue weighted by molar-refractivity contribution is -0.150. The summed E-state index contributed by atoms with van der Waals surface area (Å²) >= 11 is 5.62. The van der Waals surface area contributed by atoms with Crippen molar-refractivity contribution >= 4 is 17.6 Å². The fourth-order valence-electron chi connectivity index (χ4n) is 2.30. The Bertz CT molecular complexity index is 320. The third-order valence-electron chi connectivity index (χ3n) is 4.34. The molecule has 0 aromatic heterocycles. The van der Waals surface area contributed by atoms with E-state index in [4.69, 9.17) is 16.3 Å². The maximum atomic E-state index is 10.9. The normalized spacial score (nSPS) is 11.7. The number of halogens is 1. The second-order valence-corrected chi connectivity index (χ2v) is 7.70. The summed E-state index contributed by atoms with van der Waals surface area (Å²) in [5.74, 6) is 0.503. The number of ether oxygens (including phenoxy) is 1. The molecule has 0 spiro atoms. The number of esters is 1. The number of carbonyl (C=O) groups is 1. The van der Waals surface area contributed by atoms with Gasteiger partial charge in [-0.05, 0) is 34.4 Å². The maximum Gasteiger partial charge on any atom is 0.334 e. The molecule has 0 bridgehead atoms. The molecule has 0 heterocycles. The molecule has 0 fully saturated rings. The highest BCUT2D eigenvalue weighted by Gasteiger charge is 2.10. The van der Waals surface area contributed by atoms with Crippen LogP contribution in [0.1, 0.15) is 97.8 Å². The number of carbonyl (C=O) groups excluding carboxylic acids is 1. The van der Waals surface area contributed by atoms with Crippen molar-refractivity contribution in [2.24, 2.45) is 0 Å². The molecule has 0 aliphatic heterocycles. The fourth-order valence-corrected chi connectivity index (χ4v) is 2.49. The Morgan fingerprint density at radius 2 is 1.31 bits per heavy atom. The smallest absolute Gasteiger partial charge is 0.334 e. The SMILES string of the molecule is C=C(C)C(=O)OC(C)N(C)C.CCCCCCCCCCCCCCCl. The number of unbranched alkanes of at least 4 members (excludes halogenated alkanes) is 11. The molecule has 0 aliphatic carbocycles. The van der Waals surface area contributed by atoms with E-state index in [9.17, 15) is 4.79 Å². The summed E-state index contributed by atoms with van der Waals surface area (Å²) in [5, 5.41) is 0. The van der Waals surface area contributed by atoms with E-state index >= 15 is 0 Å². The predicted molar refractivity (Wildman–Crippen MR) is 116 cm³/mol. The predicted octanol–water partition coefficient (Wildman–Crippen LogP) is 6.94. The van der Waals surface area contributed by atoms with Crippen molar-refractivity contribution in [1.82, 2.24) is 4.90 Å². The third kappa shape index (κ3) is 21.5. The van der Waals surface area contributed by atoms with E-state index in [1.807, 2.05) is 14.1 Å². The summed E-state index contributed by atoms with van der Waals surface area (Å²) in [7, 11) is 3.69. The van der Waals surface area contributed by atoms with Crippen LogP contribution in [0.25, 0.3) is 0 Å². The first-order chi connectivity index (χ1) is 12.4. The first kappa shape index (κ1) is 27.7. The van der Waals surface area contributed by atoms with Crippen LogP contribution in [0.2, 0.25) is 0 Å². The van der Waals surface area contributed by atoms with Crippen molar-refractivity contribution in [1.29, 1.82) is 0 Å². The highest BCUT2D eigenvalue weighted by Crippen LogP contribution is 2.11. The van der Waals surface area contributed by atoms with E-state index in [-0.39, 0.29) is 12.2 Å². The molecular formula is C22H44ClNO2. The standard InChI is InChI=1S/C14H29Cl.C8H15NO2/c1-2-3-4-5-6-7-8-9-10-11-12-13-14-15;1-6(2)8(10)11-7(3)9(4)5/h2-14H2,1H3;7H,1H2,2-5H3. The van der Waals surface area contributed by atoms with Gasteiger partial charge in [0.1, 0.15) is 0 Å². The summed E-state index contributed by atoms with van der Waals surface area (Å²) in [4.78, 5) is 12.7. The number of hydrogen-bond donors (Lipinski definition) is 0. The molecule has 0 aromatic rings. The van der Waals surface area contributed by atoms with Gasteiger partial charge < -0.3 is 4.74 Å². The summed E-state index contributed by atoms with van der Waals surface area (Å²) in [6.45, 7) is 9.19. The Balaban J connectivity index is 0. The van der Waals surface area contributed by atoms with E-state index in [1.54, 1.807) is 18.7 Å². The van der Waals surface area contributed by atoms with Gasteiger partial charge in [0.05, 0.1) is 0 Å². The first-order valence-corrected chi connectivity index (χ1v) is 11.0. The Labute approximate surface area is 168 Å². The van der Waals surface area contributed by atoms with Gasteiger partial charge in [0, 0.05) is 11.5 Å². The molecule has 0 rings (SSSR count). The van der Waals surface area contributed by atoms with Crippen LogP contribution >= 0.6 is 11.6 Å². The van der Waals surface area contributed by atoms with Gasteiger partial charge >= 0.3 is 5.97 Å². The fraction of sp³-hybridized carbons (Fsp3) is 0.864. The van der Waals surface area contributed by atoms with Gasteiger partial charge in [0.2, 0.25) is 0 Å². The molecule has 0 aromatic carbocycles. The number of rotatable bonds is 15. The van der Waals surface area contributed by atoms with Crippen LogP contribution < -0.4 is 0 Å². The number of nitrogens with zero attached hydrogens (tertiary/aromatic N) is 1. The monoisotopic (exact) mass is 389 g/mol. The number of alkyl halides is 1. The van der Waals surface area contributed by atoms with Crippen molar-refractivity contribution in [3.63, 3.8) is 0 Å². The quantitative estimate of drug-likeness (QED) is 0.0998. The second-order valence-electron chi connectivity index (χ2n) is 7.33. The van der Waals surface area contributed by atoms with Crippen LogP contribution in [0.5, 0.6) is 0 Å². The lowest BCUT2D eigenvalue weighted by Crippen LogP contribution is -2.30. The molecule has 0 amide bonds. The average molecular weight is 390 g/mol. The van der Waals surface area contributed by atoms with Crippen molar-refractivity contribution in [2.75, 3.05) is 20.0 Å². The Hall–Kier alpha value is -0.540. The molecule has 1 atom stereocenters. The van der Waals surface area contributed by atoms with Crippen LogP contribution in [0.3, 0.4) is 0 Å². The minimum atomic E-state index is -0.341. The lowest BCUT2D eigenvalue weighted by Gasteiger charge is -2.19. The van der Waals surface area contributed by atoms with E-state index in [0.717, 1.165) is 5.88 Å². The Kier molecular flexibility index (Phi) is 22.1. The van der Waals surface area contributed by atoms with Gasteiger partial charge in [-0.25, -0.2) is 4.79 Å². The lowest BCUT2D eigenvalue weighted by atomic mass is 10.1. The van der Waals surface area contributed by atoms with E-state index in [0.29, 0.717) is 5.57 Å². The molecule has 0 radical (unpaired) electrons. The van der Waals surface area contributed by atoms with Crippen molar-refractivity contribution < 1.29 is 9.53 Å². The maximum absolute atomic E-state index is 10.9. The largest absolute Gasteiger partial charge is 0.443 e. The minimum absolute atomic E-state index is 0.195. The number of hydrogen-bond acceptors (Lipinski definition) is 3. The molecule has 0 saturated carbocycles. The van der Waals surface area contributed by atoms with Gasteiger partial charge in [0.15, 0.2) is 6.23 Å². The van der Waals surface area contributed by atoms with Crippen molar-refractivity contribution in [2.45, 2.75) is 104 Å². The third-order valence-corrected chi connectivity index (χ3v) is 4.61. The highest BCUT2D eigenvalue weighted by molar-refractivity contribution is 6.17. The Morgan fingerprint density at radius 3 is 1.62 bits per heavy atom. The van der Waals surface area contributed by atoms with E-state index in [1.165, 1.54) is 77.0 Å².